The Labute approximate surface area is 127 Å². The molecule has 0 aliphatic rings. The van der Waals surface area contributed by atoms with Crippen LogP contribution in [0.5, 0.6) is 0 Å². The quantitative estimate of drug-likeness (QED) is 0.690. The molecule has 5 nitrogen and oxygen atoms in total. The first-order valence-corrected chi connectivity index (χ1v) is 6.82. The number of hydrogen-bond acceptors (Lipinski definition) is 5. The minimum atomic E-state index is -0.486. The number of esters is 1. The van der Waals surface area contributed by atoms with E-state index in [1.807, 2.05) is 31.2 Å². The summed E-state index contributed by atoms with van der Waals surface area (Å²) < 4.78 is 10.6. The van der Waals surface area contributed by atoms with E-state index < -0.39 is 5.97 Å². The Balaban J connectivity index is 1.65. The van der Waals surface area contributed by atoms with Gasteiger partial charge >= 0.3 is 5.97 Å². The molecule has 110 valence electrons. The van der Waals surface area contributed by atoms with Gasteiger partial charge < -0.3 is 9.15 Å². The highest BCUT2D eigenvalue weighted by molar-refractivity contribution is 5.87. The molecule has 0 atom stereocenters. The molecule has 0 saturated heterocycles. The number of benzene rings is 1. The minimum Gasteiger partial charge on any atom is -0.454 e. The van der Waals surface area contributed by atoms with Gasteiger partial charge in [0.1, 0.15) is 24.3 Å². The number of oxazole rings is 1. The lowest BCUT2D eigenvalue weighted by atomic mass is 10.1. The van der Waals surface area contributed by atoms with Crippen LogP contribution in [0.2, 0.25) is 0 Å². The third kappa shape index (κ3) is 3.20. The van der Waals surface area contributed by atoms with Gasteiger partial charge in [0, 0.05) is 11.8 Å². The highest BCUT2D eigenvalue weighted by Crippen LogP contribution is 2.19. The average molecular weight is 294 g/mol. The van der Waals surface area contributed by atoms with E-state index in [1.54, 1.807) is 24.4 Å². The van der Waals surface area contributed by atoms with Gasteiger partial charge in [0.05, 0.1) is 0 Å². The predicted molar refractivity (Wildman–Crippen MR) is 80.0 cm³/mol. The van der Waals surface area contributed by atoms with E-state index in [0.717, 1.165) is 5.56 Å². The smallest absolute Gasteiger partial charge is 0.357 e. The maximum absolute atomic E-state index is 11.8. The van der Waals surface area contributed by atoms with Gasteiger partial charge in [-0.05, 0) is 31.2 Å². The summed E-state index contributed by atoms with van der Waals surface area (Å²) in [7, 11) is 0. The molecule has 0 amide bonds. The number of nitrogens with zero attached hydrogens (tertiary/aromatic N) is 2. The van der Waals surface area contributed by atoms with Gasteiger partial charge in [0.15, 0.2) is 0 Å². The van der Waals surface area contributed by atoms with Gasteiger partial charge in [-0.1, -0.05) is 23.8 Å². The molecule has 2 aromatic heterocycles. The molecular weight excluding hydrogens is 280 g/mol. The SMILES string of the molecule is Cc1ccc(-c2nc(COC(=O)c3ccccn3)co2)cc1. The zero-order valence-electron chi connectivity index (χ0n) is 12.0. The first-order valence-electron chi connectivity index (χ1n) is 6.82. The van der Waals surface area contributed by atoms with E-state index in [0.29, 0.717) is 11.6 Å². The number of rotatable bonds is 4. The molecule has 2 heterocycles. The molecule has 0 saturated carbocycles. The zero-order valence-corrected chi connectivity index (χ0v) is 12.0. The van der Waals surface area contributed by atoms with Crippen molar-refractivity contribution in [1.29, 1.82) is 0 Å². The molecule has 22 heavy (non-hydrogen) atoms. The summed E-state index contributed by atoms with van der Waals surface area (Å²) in [6, 6.07) is 12.9. The average Bonchev–Trinajstić information content (AvgIpc) is 3.03. The van der Waals surface area contributed by atoms with Crippen molar-refractivity contribution in [2.75, 3.05) is 0 Å². The van der Waals surface area contributed by atoms with Crippen molar-refractivity contribution in [3.05, 3.63) is 71.9 Å². The van der Waals surface area contributed by atoms with Crippen LogP contribution in [0.15, 0.2) is 59.3 Å². The standard InChI is InChI=1S/C17H14N2O3/c1-12-5-7-13(8-6-12)16-19-14(10-21-16)11-22-17(20)15-4-2-3-9-18-15/h2-10H,11H2,1H3. The lowest BCUT2D eigenvalue weighted by Gasteiger charge is -2.01. The van der Waals surface area contributed by atoms with Crippen molar-refractivity contribution in [3.63, 3.8) is 0 Å². The first-order chi connectivity index (χ1) is 10.7. The molecule has 0 N–H and O–H groups in total. The van der Waals surface area contributed by atoms with Crippen LogP contribution < -0.4 is 0 Å². The van der Waals surface area contributed by atoms with Crippen LogP contribution in [0.1, 0.15) is 21.7 Å². The topological polar surface area (TPSA) is 65.2 Å². The van der Waals surface area contributed by atoms with E-state index in [1.165, 1.54) is 11.8 Å². The monoisotopic (exact) mass is 294 g/mol. The molecule has 0 spiro atoms. The summed E-state index contributed by atoms with van der Waals surface area (Å²) in [6.07, 6.45) is 3.03. The molecule has 3 aromatic rings. The van der Waals surface area contributed by atoms with Gasteiger partial charge in [0.2, 0.25) is 5.89 Å². The number of aryl methyl sites for hydroxylation is 1. The normalized spacial score (nSPS) is 10.4. The van der Waals surface area contributed by atoms with Crippen molar-refractivity contribution in [1.82, 2.24) is 9.97 Å². The highest BCUT2D eigenvalue weighted by Gasteiger charge is 2.11. The number of carbonyl (C=O) groups excluding carboxylic acids is 1. The Kier molecular flexibility index (Phi) is 3.96. The first kappa shape index (κ1) is 14.0. The summed E-state index contributed by atoms with van der Waals surface area (Å²) in [5.74, 6) is 0.0179. The third-order valence-electron chi connectivity index (χ3n) is 3.08. The van der Waals surface area contributed by atoms with E-state index in [-0.39, 0.29) is 12.3 Å². The maximum atomic E-state index is 11.8. The van der Waals surface area contributed by atoms with Crippen LogP contribution in [-0.2, 0) is 11.3 Å². The zero-order chi connectivity index (χ0) is 15.4. The van der Waals surface area contributed by atoms with Crippen LogP contribution >= 0.6 is 0 Å². The summed E-state index contributed by atoms with van der Waals surface area (Å²) in [5.41, 5.74) is 2.87. The fourth-order valence-electron chi connectivity index (χ4n) is 1.90. The predicted octanol–water partition coefficient (Wildman–Crippen LogP) is 3.40. The largest absolute Gasteiger partial charge is 0.454 e. The molecule has 3 rings (SSSR count). The summed E-state index contributed by atoms with van der Waals surface area (Å²) in [5, 5.41) is 0. The van der Waals surface area contributed by atoms with Gasteiger partial charge in [-0.2, -0.15) is 0 Å². The third-order valence-corrected chi connectivity index (χ3v) is 3.08. The second-order valence-electron chi connectivity index (χ2n) is 4.80. The molecule has 0 bridgehead atoms. The van der Waals surface area contributed by atoms with Gasteiger partial charge in [-0.15, -0.1) is 0 Å². The molecule has 0 fully saturated rings. The van der Waals surface area contributed by atoms with Gasteiger partial charge in [0.25, 0.3) is 0 Å². The van der Waals surface area contributed by atoms with E-state index in [4.69, 9.17) is 9.15 Å². The lowest BCUT2D eigenvalue weighted by molar-refractivity contribution is 0.0461. The Morgan fingerprint density at radius 3 is 2.73 bits per heavy atom. The fraction of sp³-hybridized carbons (Fsp3) is 0.118. The fourth-order valence-corrected chi connectivity index (χ4v) is 1.90. The van der Waals surface area contributed by atoms with Crippen LogP contribution in [0.25, 0.3) is 11.5 Å². The second-order valence-corrected chi connectivity index (χ2v) is 4.80. The van der Waals surface area contributed by atoms with Gasteiger partial charge in [-0.25, -0.2) is 14.8 Å². The van der Waals surface area contributed by atoms with Crippen LogP contribution in [0.3, 0.4) is 0 Å². The Morgan fingerprint density at radius 2 is 2.00 bits per heavy atom. The second kappa shape index (κ2) is 6.22. The minimum absolute atomic E-state index is 0.0464. The van der Waals surface area contributed by atoms with Crippen LogP contribution in [0.4, 0.5) is 0 Å². The summed E-state index contributed by atoms with van der Waals surface area (Å²) in [6.45, 7) is 2.06. The van der Waals surface area contributed by atoms with Crippen LogP contribution in [0, 0.1) is 6.92 Å². The molecule has 0 aliphatic carbocycles. The summed E-state index contributed by atoms with van der Waals surface area (Å²) >= 11 is 0. The number of carbonyl (C=O) groups is 1. The van der Waals surface area contributed by atoms with E-state index in [9.17, 15) is 4.79 Å². The number of pyridine rings is 1. The van der Waals surface area contributed by atoms with Gasteiger partial charge in [-0.3, -0.25) is 0 Å². The number of ether oxygens (including phenoxy) is 1. The van der Waals surface area contributed by atoms with Crippen LogP contribution in [-0.4, -0.2) is 15.9 Å². The molecule has 0 aliphatic heterocycles. The Hall–Kier alpha value is -2.95. The van der Waals surface area contributed by atoms with Crippen molar-refractivity contribution in [3.8, 4) is 11.5 Å². The maximum Gasteiger partial charge on any atom is 0.357 e. The summed E-state index contributed by atoms with van der Waals surface area (Å²) in [4.78, 5) is 20.0. The van der Waals surface area contributed by atoms with E-state index >= 15 is 0 Å². The molecule has 0 unspecified atom stereocenters. The van der Waals surface area contributed by atoms with E-state index in [2.05, 4.69) is 9.97 Å². The number of aromatic nitrogens is 2. The molecule has 1 aromatic carbocycles. The van der Waals surface area contributed by atoms with Crippen molar-refractivity contribution >= 4 is 5.97 Å². The molecule has 5 heteroatoms. The van der Waals surface area contributed by atoms with Crippen molar-refractivity contribution < 1.29 is 13.9 Å². The highest BCUT2D eigenvalue weighted by atomic mass is 16.5. The molecular formula is C17H14N2O3. The Morgan fingerprint density at radius 1 is 1.18 bits per heavy atom. The van der Waals surface area contributed by atoms with Crippen molar-refractivity contribution in [2.24, 2.45) is 0 Å². The molecule has 0 radical (unpaired) electrons. The number of hydrogen-bond donors (Lipinski definition) is 0. The van der Waals surface area contributed by atoms with Crippen molar-refractivity contribution in [2.45, 2.75) is 13.5 Å². The Bertz CT molecular complexity index is 764. The lowest BCUT2D eigenvalue weighted by Crippen LogP contribution is -2.07.